The van der Waals surface area contributed by atoms with Gasteiger partial charge < -0.3 is 14.2 Å². The van der Waals surface area contributed by atoms with Gasteiger partial charge in [-0.3, -0.25) is 9.59 Å². The molecule has 0 spiro atoms. The Morgan fingerprint density at radius 3 is 2.63 bits per heavy atom. The molecule has 6 heteroatoms. The van der Waals surface area contributed by atoms with Crippen LogP contribution in [0.1, 0.15) is 31.3 Å². The second kappa shape index (κ2) is 6.17. The fourth-order valence-electron chi connectivity index (χ4n) is 1.19. The van der Waals surface area contributed by atoms with Crippen LogP contribution in [-0.4, -0.2) is 31.1 Å². The van der Waals surface area contributed by atoms with Crippen LogP contribution in [0.15, 0.2) is 12.3 Å². The number of carbonyl (C=O) groups excluding carboxylic acids is 2. The molecule has 0 N–H and O–H groups in total. The van der Waals surface area contributed by atoms with Crippen molar-refractivity contribution in [2.75, 3.05) is 13.9 Å². The van der Waals surface area contributed by atoms with Gasteiger partial charge in [0.05, 0.1) is 12.5 Å². The van der Waals surface area contributed by atoms with Crippen molar-refractivity contribution < 1.29 is 23.8 Å². The summed E-state index contributed by atoms with van der Waals surface area (Å²) in [6.07, 6.45) is 1.97. The zero-order chi connectivity index (χ0) is 14.5. The normalized spacial score (nSPS) is 10.7. The average Bonchev–Trinajstić information content (AvgIpc) is 2.37. The quantitative estimate of drug-likeness (QED) is 0.460. The minimum Gasteiger partial charge on any atom is -0.493 e. The molecule has 1 heterocycles. The number of pyridine rings is 1. The molecule has 0 aliphatic carbocycles. The Labute approximate surface area is 111 Å². The van der Waals surface area contributed by atoms with E-state index in [1.807, 2.05) is 0 Å². The van der Waals surface area contributed by atoms with Crippen LogP contribution in [-0.2, 0) is 9.53 Å². The molecule has 1 aromatic rings. The van der Waals surface area contributed by atoms with Gasteiger partial charge >= 0.3 is 5.97 Å². The molecule has 0 unspecified atom stereocenters. The number of rotatable bonds is 5. The van der Waals surface area contributed by atoms with Gasteiger partial charge in [0.15, 0.2) is 17.8 Å². The number of methoxy groups -OCH3 is 1. The van der Waals surface area contributed by atoms with Crippen LogP contribution < -0.4 is 9.47 Å². The van der Waals surface area contributed by atoms with Crippen LogP contribution in [0, 0.1) is 5.41 Å². The minimum absolute atomic E-state index is 0.0890. The summed E-state index contributed by atoms with van der Waals surface area (Å²) in [5.41, 5.74) is -0.526. The fourth-order valence-corrected chi connectivity index (χ4v) is 1.19. The number of aldehydes is 1. The van der Waals surface area contributed by atoms with E-state index in [4.69, 9.17) is 14.2 Å². The molecule has 0 amide bonds. The molecule has 1 aromatic heterocycles. The van der Waals surface area contributed by atoms with E-state index in [9.17, 15) is 9.59 Å². The van der Waals surface area contributed by atoms with Crippen LogP contribution in [0.25, 0.3) is 0 Å². The third-order valence-corrected chi connectivity index (χ3v) is 2.23. The third kappa shape index (κ3) is 3.94. The van der Waals surface area contributed by atoms with E-state index in [0.717, 1.165) is 0 Å². The Morgan fingerprint density at radius 2 is 2.11 bits per heavy atom. The highest BCUT2D eigenvalue weighted by Crippen LogP contribution is 2.28. The molecule has 0 saturated heterocycles. The number of nitrogens with zero attached hydrogens (tertiary/aromatic N) is 1. The second-order valence-electron chi connectivity index (χ2n) is 4.79. The summed E-state index contributed by atoms with van der Waals surface area (Å²) in [6, 6.07) is 1.55. The molecular weight excluding hydrogens is 250 g/mol. The molecule has 0 fully saturated rings. The highest BCUT2D eigenvalue weighted by Gasteiger charge is 2.23. The standard InChI is InChI=1S/C13H17NO5/c1-13(2,3)12(16)19-8-18-11-9(7-15)14-6-5-10(11)17-4/h5-7H,8H2,1-4H3. The van der Waals surface area contributed by atoms with Crippen molar-refractivity contribution in [3.05, 3.63) is 18.0 Å². The van der Waals surface area contributed by atoms with Gasteiger partial charge in [-0.1, -0.05) is 0 Å². The van der Waals surface area contributed by atoms with E-state index in [0.29, 0.717) is 12.0 Å². The van der Waals surface area contributed by atoms with E-state index in [-0.39, 0.29) is 18.2 Å². The summed E-state index contributed by atoms with van der Waals surface area (Å²) < 4.78 is 15.3. The highest BCUT2D eigenvalue weighted by atomic mass is 16.7. The molecule has 0 aliphatic heterocycles. The van der Waals surface area contributed by atoms with Gasteiger partial charge in [-0.25, -0.2) is 4.98 Å². The third-order valence-electron chi connectivity index (χ3n) is 2.23. The zero-order valence-electron chi connectivity index (χ0n) is 11.4. The van der Waals surface area contributed by atoms with Crippen molar-refractivity contribution >= 4 is 12.3 Å². The fraction of sp³-hybridized carbons (Fsp3) is 0.462. The predicted octanol–water partition coefficient (Wildman–Crippen LogP) is 1.83. The number of ether oxygens (including phenoxy) is 3. The van der Waals surface area contributed by atoms with Crippen molar-refractivity contribution in [2.24, 2.45) is 5.41 Å². The average molecular weight is 267 g/mol. The number of esters is 1. The second-order valence-corrected chi connectivity index (χ2v) is 4.79. The number of hydrogen-bond donors (Lipinski definition) is 0. The first-order valence-electron chi connectivity index (χ1n) is 5.68. The Bertz CT molecular complexity index is 465. The van der Waals surface area contributed by atoms with Crippen LogP contribution in [0.5, 0.6) is 11.5 Å². The lowest BCUT2D eigenvalue weighted by atomic mass is 9.98. The van der Waals surface area contributed by atoms with Gasteiger partial charge in [-0.15, -0.1) is 0 Å². The summed E-state index contributed by atoms with van der Waals surface area (Å²) in [7, 11) is 1.44. The topological polar surface area (TPSA) is 74.7 Å². The van der Waals surface area contributed by atoms with Gasteiger partial charge in [0.2, 0.25) is 6.79 Å². The van der Waals surface area contributed by atoms with E-state index in [1.165, 1.54) is 13.3 Å². The number of hydrogen-bond acceptors (Lipinski definition) is 6. The predicted molar refractivity (Wildman–Crippen MR) is 67.2 cm³/mol. The molecule has 1 rings (SSSR count). The Kier molecular flexibility index (Phi) is 4.86. The van der Waals surface area contributed by atoms with E-state index >= 15 is 0 Å². The lowest BCUT2D eigenvalue weighted by Crippen LogP contribution is -2.24. The van der Waals surface area contributed by atoms with Crippen molar-refractivity contribution in [1.82, 2.24) is 4.98 Å². The Balaban J connectivity index is 2.72. The van der Waals surface area contributed by atoms with Gasteiger partial charge in [0, 0.05) is 12.3 Å². The SMILES string of the molecule is COc1ccnc(C=O)c1OCOC(=O)C(C)(C)C. The maximum absolute atomic E-state index is 11.5. The molecule has 0 bridgehead atoms. The van der Waals surface area contributed by atoms with Gasteiger partial charge in [0.25, 0.3) is 0 Å². The van der Waals surface area contributed by atoms with Crippen LogP contribution in [0.2, 0.25) is 0 Å². The molecule has 0 aliphatic rings. The van der Waals surface area contributed by atoms with Crippen molar-refractivity contribution in [3.63, 3.8) is 0 Å². The zero-order valence-corrected chi connectivity index (χ0v) is 11.4. The molecule has 0 saturated carbocycles. The van der Waals surface area contributed by atoms with E-state index in [2.05, 4.69) is 4.98 Å². The molecular formula is C13H17NO5. The Hall–Kier alpha value is -2.11. The molecule has 0 aromatic carbocycles. The summed E-state index contributed by atoms with van der Waals surface area (Å²) in [6.45, 7) is 4.89. The van der Waals surface area contributed by atoms with Crippen molar-refractivity contribution in [2.45, 2.75) is 20.8 Å². The largest absolute Gasteiger partial charge is 0.493 e. The van der Waals surface area contributed by atoms with Crippen LogP contribution >= 0.6 is 0 Å². The maximum atomic E-state index is 11.5. The molecule has 104 valence electrons. The summed E-state index contributed by atoms with van der Waals surface area (Å²) in [4.78, 5) is 26.2. The highest BCUT2D eigenvalue weighted by molar-refractivity contribution is 5.78. The van der Waals surface area contributed by atoms with Gasteiger partial charge in [-0.05, 0) is 20.8 Å². The van der Waals surface area contributed by atoms with Crippen molar-refractivity contribution in [3.8, 4) is 11.5 Å². The van der Waals surface area contributed by atoms with E-state index in [1.54, 1.807) is 26.8 Å². The maximum Gasteiger partial charge on any atom is 0.314 e. The molecule has 0 atom stereocenters. The monoisotopic (exact) mass is 267 g/mol. The van der Waals surface area contributed by atoms with Gasteiger partial charge in [-0.2, -0.15) is 0 Å². The number of carbonyl (C=O) groups is 2. The number of aromatic nitrogens is 1. The first-order valence-corrected chi connectivity index (χ1v) is 5.68. The van der Waals surface area contributed by atoms with Crippen LogP contribution in [0.4, 0.5) is 0 Å². The van der Waals surface area contributed by atoms with Crippen molar-refractivity contribution in [1.29, 1.82) is 0 Å². The lowest BCUT2D eigenvalue weighted by molar-refractivity contribution is -0.159. The van der Waals surface area contributed by atoms with Crippen LogP contribution in [0.3, 0.4) is 0 Å². The summed E-state index contributed by atoms with van der Waals surface area (Å²) in [5.74, 6) is 0.105. The minimum atomic E-state index is -0.615. The smallest absolute Gasteiger partial charge is 0.314 e. The van der Waals surface area contributed by atoms with E-state index < -0.39 is 11.4 Å². The lowest BCUT2D eigenvalue weighted by Gasteiger charge is -2.17. The molecule has 6 nitrogen and oxygen atoms in total. The molecule has 19 heavy (non-hydrogen) atoms. The molecule has 0 radical (unpaired) electrons. The summed E-state index contributed by atoms with van der Waals surface area (Å²) >= 11 is 0. The summed E-state index contributed by atoms with van der Waals surface area (Å²) in [5, 5.41) is 0. The first kappa shape index (κ1) is 14.9. The Morgan fingerprint density at radius 1 is 1.42 bits per heavy atom. The first-order chi connectivity index (χ1) is 8.90. The van der Waals surface area contributed by atoms with Gasteiger partial charge in [0.1, 0.15) is 5.69 Å².